The smallest absolute Gasteiger partial charge is 0.416 e. The Hall–Kier alpha value is -2.52. The molecule has 1 aromatic carbocycles. The minimum absolute atomic E-state index is 0.0986. The molecule has 2 atom stereocenters. The Morgan fingerprint density at radius 3 is 2.86 bits per heavy atom. The van der Waals surface area contributed by atoms with Gasteiger partial charge in [-0.2, -0.15) is 13.2 Å². The molecule has 158 valence electrons. The van der Waals surface area contributed by atoms with Crippen molar-refractivity contribution in [1.82, 2.24) is 10.2 Å². The quantitative estimate of drug-likeness (QED) is 0.583. The number of morpholine rings is 1. The van der Waals surface area contributed by atoms with Gasteiger partial charge in [0.25, 0.3) is 0 Å². The first kappa shape index (κ1) is 21.2. The van der Waals surface area contributed by atoms with Crippen LogP contribution in [0.4, 0.5) is 13.2 Å². The fourth-order valence-corrected chi connectivity index (χ4v) is 3.13. The van der Waals surface area contributed by atoms with Gasteiger partial charge in [-0.3, -0.25) is 0 Å². The van der Waals surface area contributed by atoms with Crippen molar-refractivity contribution in [2.75, 3.05) is 32.8 Å². The highest BCUT2D eigenvalue weighted by atomic mass is 19.4. The highest BCUT2D eigenvalue weighted by molar-refractivity contribution is 5.80. The van der Waals surface area contributed by atoms with Crippen molar-refractivity contribution >= 4 is 5.96 Å². The van der Waals surface area contributed by atoms with E-state index in [-0.39, 0.29) is 6.54 Å². The molecule has 9 heteroatoms. The Labute approximate surface area is 167 Å². The molecule has 2 heterocycles. The molecule has 2 N–H and O–H groups in total. The van der Waals surface area contributed by atoms with Crippen molar-refractivity contribution in [2.24, 2.45) is 4.99 Å². The summed E-state index contributed by atoms with van der Waals surface area (Å²) in [5.74, 6) is 0.992. The Balaban J connectivity index is 1.72. The SMILES string of the molecule is CCNC(=NCC(O)c1ccco1)N1CCOC(c2cccc(C(F)(F)F)c2)C1. The second-order valence-corrected chi connectivity index (χ2v) is 6.65. The predicted octanol–water partition coefficient (Wildman–Crippen LogP) is 3.37. The summed E-state index contributed by atoms with van der Waals surface area (Å²) in [6, 6.07) is 8.55. The summed E-state index contributed by atoms with van der Waals surface area (Å²) >= 11 is 0. The lowest BCUT2D eigenvalue weighted by molar-refractivity contribution is -0.137. The zero-order valence-corrected chi connectivity index (χ0v) is 16.0. The van der Waals surface area contributed by atoms with E-state index in [1.807, 2.05) is 11.8 Å². The number of benzene rings is 1. The van der Waals surface area contributed by atoms with Crippen LogP contribution in [-0.2, 0) is 10.9 Å². The van der Waals surface area contributed by atoms with Crippen LogP contribution in [0, 0.1) is 0 Å². The van der Waals surface area contributed by atoms with E-state index in [9.17, 15) is 18.3 Å². The van der Waals surface area contributed by atoms with Gasteiger partial charge in [-0.05, 0) is 36.8 Å². The maximum atomic E-state index is 13.0. The van der Waals surface area contributed by atoms with Gasteiger partial charge in [0.15, 0.2) is 5.96 Å². The first-order chi connectivity index (χ1) is 13.9. The van der Waals surface area contributed by atoms with E-state index < -0.39 is 23.9 Å². The van der Waals surface area contributed by atoms with Gasteiger partial charge in [0, 0.05) is 13.1 Å². The molecule has 3 rings (SSSR count). The molecule has 1 aliphatic rings. The molecule has 1 aromatic heterocycles. The monoisotopic (exact) mass is 411 g/mol. The zero-order chi connectivity index (χ0) is 20.9. The highest BCUT2D eigenvalue weighted by Gasteiger charge is 2.32. The Kier molecular flexibility index (Phi) is 6.81. The summed E-state index contributed by atoms with van der Waals surface area (Å²) in [7, 11) is 0. The fraction of sp³-hybridized carbons (Fsp3) is 0.450. The van der Waals surface area contributed by atoms with Crippen molar-refractivity contribution in [3.8, 4) is 0 Å². The first-order valence-electron chi connectivity index (χ1n) is 9.42. The van der Waals surface area contributed by atoms with E-state index in [1.165, 1.54) is 12.3 Å². The number of aliphatic imine (C=N–C) groups is 1. The summed E-state index contributed by atoms with van der Waals surface area (Å²) in [5.41, 5.74) is -0.228. The Morgan fingerprint density at radius 1 is 1.34 bits per heavy atom. The molecule has 6 nitrogen and oxygen atoms in total. The van der Waals surface area contributed by atoms with Crippen LogP contribution in [0.1, 0.15) is 36.0 Å². The molecule has 0 bridgehead atoms. The number of ether oxygens (including phenoxy) is 1. The standard InChI is InChI=1S/C20H24F3N3O3/c1-2-24-19(25-12-16(27)17-7-4-9-28-17)26-8-10-29-18(13-26)14-5-3-6-15(11-14)20(21,22)23/h3-7,9,11,16,18,27H,2,8,10,12-13H2,1H3,(H,24,25). The van der Waals surface area contributed by atoms with Crippen LogP contribution >= 0.6 is 0 Å². The lowest BCUT2D eigenvalue weighted by Gasteiger charge is -2.35. The lowest BCUT2D eigenvalue weighted by Crippen LogP contribution is -2.48. The van der Waals surface area contributed by atoms with Crippen molar-refractivity contribution in [2.45, 2.75) is 25.3 Å². The second-order valence-electron chi connectivity index (χ2n) is 6.65. The number of hydrogen-bond acceptors (Lipinski definition) is 4. The van der Waals surface area contributed by atoms with Gasteiger partial charge in [-0.15, -0.1) is 0 Å². The van der Waals surface area contributed by atoms with Crippen LogP contribution < -0.4 is 5.32 Å². The van der Waals surface area contributed by atoms with Crippen molar-refractivity contribution < 1.29 is 27.4 Å². The van der Waals surface area contributed by atoms with Crippen LogP contribution in [0.15, 0.2) is 52.1 Å². The van der Waals surface area contributed by atoms with Crippen LogP contribution in [0.2, 0.25) is 0 Å². The highest BCUT2D eigenvalue weighted by Crippen LogP contribution is 2.32. The molecular formula is C20H24F3N3O3. The summed E-state index contributed by atoms with van der Waals surface area (Å²) in [6.07, 6.45) is -4.30. The summed E-state index contributed by atoms with van der Waals surface area (Å²) in [4.78, 5) is 6.39. The van der Waals surface area contributed by atoms with Gasteiger partial charge in [0.2, 0.25) is 0 Å². The van der Waals surface area contributed by atoms with Gasteiger partial charge in [0.05, 0.1) is 31.5 Å². The third kappa shape index (κ3) is 5.51. The van der Waals surface area contributed by atoms with E-state index >= 15 is 0 Å². The maximum Gasteiger partial charge on any atom is 0.416 e. The summed E-state index contributed by atoms with van der Waals surface area (Å²) in [5, 5.41) is 13.3. The second kappa shape index (κ2) is 9.32. The minimum Gasteiger partial charge on any atom is -0.467 e. The number of rotatable bonds is 5. The van der Waals surface area contributed by atoms with E-state index in [0.29, 0.717) is 43.5 Å². The molecule has 0 saturated carbocycles. The summed E-state index contributed by atoms with van der Waals surface area (Å²) in [6.45, 7) is 3.88. The predicted molar refractivity (Wildman–Crippen MR) is 101 cm³/mol. The molecular weight excluding hydrogens is 387 g/mol. The largest absolute Gasteiger partial charge is 0.467 e. The third-order valence-electron chi connectivity index (χ3n) is 4.57. The van der Waals surface area contributed by atoms with Gasteiger partial charge in [-0.25, -0.2) is 4.99 Å². The topological polar surface area (TPSA) is 70.2 Å². The molecule has 1 aliphatic heterocycles. The number of nitrogens with zero attached hydrogens (tertiary/aromatic N) is 2. The number of aliphatic hydroxyl groups is 1. The van der Waals surface area contributed by atoms with Crippen LogP contribution in [-0.4, -0.2) is 48.8 Å². The molecule has 29 heavy (non-hydrogen) atoms. The average molecular weight is 411 g/mol. The van der Waals surface area contributed by atoms with Crippen LogP contribution in [0.25, 0.3) is 0 Å². The number of aliphatic hydroxyl groups excluding tert-OH is 1. The molecule has 2 unspecified atom stereocenters. The number of furan rings is 1. The van der Waals surface area contributed by atoms with E-state index in [4.69, 9.17) is 9.15 Å². The molecule has 0 aliphatic carbocycles. The van der Waals surface area contributed by atoms with Gasteiger partial charge >= 0.3 is 6.18 Å². The number of hydrogen-bond donors (Lipinski definition) is 2. The zero-order valence-electron chi connectivity index (χ0n) is 16.0. The molecule has 2 aromatic rings. The van der Waals surface area contributed by atoms with Crippen molar-refractivity contribution in [3.63, 3.8) is 0 Å². The van der Waals surface area contributed by atoms with Gasteiger partial charge < -0.3 is 24.5 Å². The van der Waals surface area contributed by atoms with Crippen LogP contribution in [0.5, 0.6) is 0 Å². The van der Waals surface area contributed by atoms with Crippen molar-refractivity contribution in [1.29, 1.82) is 0 Å². The Bertz CT molecular complexity index is 809. The molecule has 1 saturated heterocycles. The third-order valence-corrected chi connectivity index (χ3v) is 4.57. The number of guanidine groups is 1. The molecule has 0 spiro atoms. The average Bonchev–Trinajstić information content (AvgIpc) is 3.25. The summed E-state index contributed by atoms with van der Waals surface area (Å²) < 4.78 is 50.0. The molecule has 0 amide bonds. The minimum atomic E-state index is -4.40. The number of alkyl halides is 3. The van der Waals surface area contributed by atoms with Crippen molar-refractivity contribution in [3.05, 3.63) is 59.5 Å². The first-order valence-corrected chi connectivity index (χ1v) is 9.42. The fourth-order valence-electron chi connectivity index (χ4n) is 3.13. The van der Waals surface area contributed by atoms with E-state index in [1.54, 1.807) is 18.2 Å². The normalized spacial score (nSPS) is 19.3. The number of nitrogens with one attached hydrogen (secondary N) is 1. The Morgan fingerprint density at radius 2 is 2.17 bits per heavy atom. The van der Waals surface area contributed by atoms with Gasteiger partial charge in [-0.1, -0.05) is 12.1 Å². The molecule has 0 radical (unpaired) electrons. The molecule has 1 fully saturated rings. The van der Waals surface area contributed by atoms with E-state index in [0.717, 1.165) is 12.1 Å². The maximum absolute atomic E-state index is 13.0. The van der Waals surface area contributed by atoms with E-state index in [2.05, 4.69) is 10.3 Å². The van der Waals surface area contributed by atoms with Crippen LogP contribution in [0.3, 0.4) is 0 Å². The number of halogens is 3. The van der Waals surface area contributed by atoms with Gasteiger partial charge in [0.1, 0.15) is 18.0 Å². The lowest BCUT2D eigenvalue weighted by atomic mass is 10.0.